The molecule has 27 heavy (non-hydrogen) atoms. The molecule has 0 aliphatic carbocycles. The average molecular weight is 360 g/mol. The van der Waals surface area contributed by atoms with E-state index in [-0.39, 0.29) is 5.92 Å². The lowest BCUT2D eigenvalue weighted by atomic mass is 9.72. The molecule has 0 saturated carbocycles. The van der Waals surface area contributed by atoms with Crippen LogP contribution in [0.1, 0.15) is 36.5 Å². The van der Waals surface area contributed by atoms with E-state index in [1.54, 1.807) is 0 Å². The average Bonchev–Trinajstić information content (AvgIpc) is 2.76. The minimum absolute atomic E-state index is 0.0802. The van der Waals surface area contributed by atoms with E-state index in [0.29, 0.717) is 0 Å². The van der Waals surface area contributed by atoms with Crippen LogP contribution in [-0.2, 0) is 5.60 Å². The van der Waals surface area contributed by atoms with Crippen LogP contribution in [0, 0.1) is 0 Å². The highest BCUT2D eigenvalue weighted by Crippen LogP contribution is 2.43. The summed E-state index contributed by atoms with van der Waals surface area (Å²) in [6.07, 6.45) is 0. The van der Waals surface area contributed by atoms with Crippen molar-refractivity contribution >= 4 is 0 Å². The summed E-state index contributed by atoms with van der Waals surface area (Å²) in [5.41, 5.74) is 1.90. The number of aliphatic hydroxyl groups is 1. The minimum atomic E-state index is -1.10. The van der Waals surface area contributed by atoms with E-state index in [4.69, 9.17) is 0 Å². The molecule has 0 aliphatic rings. The Morgan fingerprint density at radius 2 is 1.11 bits per heavy atom. The number of likely N-dealkylation sites (N-methyl/N-ethyl adjacent to an activating group) is 1. The molecule has 0 bridgehead atoms. The second-order valence-corrected chi connectivity index (χ2v) is 6.95. The zero-order valence-electron chi connectivity index (χ0n) is 16.3. The minimum Gasteiger partial charge on any atom is -0.380 e. The molecule has 1 N–H and O–H groups in total. The van der Waals surface area contributed by atoms with Crippen LogP contribution in [0.5, 0.6) is 0 Å². The van der Waals surface area contributed by atoms with Crippen molar-refractivity contribution in [3.63, 3.8) is 0 Å². The quantitative estimate of drug-likeness (QED) is 0.608. The van der Waals surface area contributed by atoms with Gasteiger partial charge in [0, 0.05) is 12.5 Å². The van der Waals surface area contributed by atoms with E-state index >= 15 is 0 Å². The third kappa shape index (κ3) is 4.13. The molecule has 140 valence electrons. The normalized spacial score (nSPS) is 12.9. The Kier molecular flexibility index (Phi) is 6.44. The fourth-order valence-electron chi connectivity index (χ4n) is 3.86. The first-order valence-corrected chi connectivity index (χ1v) is 9.80. The van der Waals surface area contributed by atoms with Crippen molar-refractivity contribution in [2.45, 2.75) is 25.4 Å². The maximum atomic E-state index is 12.3. The highest BCUT2D eigenvalue weighted by atomic mass is 16.3. The Bertz CT molecular complexity index is 758. The Labute approximate surface area is 163 Å². The Morgan fingerprint density at radius 3 is 1.52 bits per heavy atom. The molecule has 0 aliphatic heterocycles. The zero-order valence-corrected chi connectivity index (χ0v) is 16.3. The fraction of sp³-hybridized carbons (Fsp3) is 0.280. The van der Waals surface area contributed by atoms with Crippen LogP contribution in [0.2, 0.25) is 0 Å². The van der Waals surface area contributed by atoms with Gasteiger partial charge in [-0.2, -0.15) is 0 Å². The number of benzene rings is 3. The van der Waals surface area contributed by atoms with E-state index in [1.165, 1.54) is 0 Å². The Morgan fingerprint density at radius 1 is 0.704 bits per heavy atom. The molecule has 3 rings (SSSR count). The van der Waals surface area contributed by atoms with E-state index in [9.17, 15) is 5.11 Å². The van der Waals surface area contributed by atoms with Gasteiger partial charge in [0.05, 0.1) is 0 Å². The van der Waals surface area contributed by atoms with Gasteiger partial charge >= 0.3 is 0 Å². The fourth-order valence-corrected chi connectivity index (χ4v) is 3.86. The standard InChI is InChI=1S/C25H29NO/c1-3-26(4-2)20-24(21-14-8-5-9-15-21)25(27,22-16-10-6-11-17-22)23-18-12-7-13-19-23/h5-19,24,27H,3-4,20H2,1-2H3. The van der Waals surface area contributed by atoms with Gasteiger partial charge in [-0.15, -0.1) is 0 Å². The largest absolute Gasteiger partial charge is 0.380 e. The molecule has 0 amide bonds. The summed E-state index contributed by atoms with van der Waals surface area (Å²) >= 11 is 0. The van der Waals surface area contributed by atoms with Gasteiger partial charge in [0.1, 0.15) is 5.60 Å². The highest BCUT2D eigenvalue weighted by molar-refractivity contribution is 5.42. The Hall–Kier alpha value is -2.42. The predicted octanol–water partition coefficient (Wildman–Crippen LogP) is 5.05. The smallest absolute Gasteiger partial charge is 0.123 e. The molecule has 2 nitrogen and oxygen atoms in total. The van der Waals surface area contributed by atoms with Gasteiger partial charge in [0.15, 0.2) is 0 Å². The van der Waals surface area contributed by atoms with E-state index in [0.717, 1.165) is 36.3 Å². The topological polar surface area (TPSA) is 23.5 Å². The van der Waals surface area contributed by atoms with Crippen LogP contribution in [0.4, 0.5) is 0 Å². The van der Waals surface area contributed by atoms with Crippen molar-refractivity contribution < 1.29 is 5.11 Å². The molecule has 0 aromatic heterocycles. The molecule has 0 saturated heterocycles. The lowest BCUT2D eigenvalue weighted by molar-refractivity contribution is 0.0350. The Balaban J connectivity index is 2.19. The summed E-state index contributed by atoms with van der Waals surface area (Å²) < 4.78 is 0. The van der Waals surface area contributed by atoms with Crippen LogP contribution in [0.15, 0.2) is 91.0 Å². The maximum Gasteiger partial charge on any atom is 0.123 e. The lowest BCUT2D eigenvalue weighted by Gasteiger charge is -2.40. The van der Waals surface area contributed by atoms with Crippen molar-refractivity contribution in [1.82, 2.24) is 4.90 Å². The van der Waals surface area contributed by atoms with Gasteiger partial charge in [-0.05, 0) is 29.8 Å². The molecule has 0 radical (unpaired) electrons. The van der Waals surface area contributed by atoms with Crippen molar-refractivity contribution in [2.24, 2.45) is 0 Å². The molecule has 0 heterocycles. The molecular formula is C25H29NO. The van der Waals surface area contributed by atoms with Gasteiger partial charge < -0.3 is 10.0 Å². The van der Waals surface area contributed by atoms with Gasteiger partial charge in [-0.25, -0.2) is 0 Å². The second-order valence-electron chi connectivity index (χ2n) is 6.95. The van der Waals surface area contributed by atoms with Crippen LogP contribution < -0.4 is 0 Å². The van der Waals surface area contributed by atoms with E-state index < -0.39 is 5.60 Å². The molecule has 3 aromatic rings. The summed E-state index contributed by atoms with van der Waals surface area (Å²) in [5.74, 6) is -0.0802. The van der Waals surface area contributed by atoms with E-state index in [2.05, 4.69) is 43.0 Å². The highest BCUT2D eigenvalue weighted by Gasteiger charge is 2.41. The summed E-state index contributed by atoms with van der Waals surface area (Å²) in [6, 6.07) is 30.5. The molecule has 1 atom stereocenters. The van der Waals surface area contributed by atoms with Gasteiger partial charge in [-0.1, -0.05) is 105 Å². The summed E-state index contributed by atoms with van der Waals surface area (Å²) in [5, 5.41) is 12.3. The molecule has 1 unspecified atom stereocenters. The third-order valence-electron chi connectivity index (χ3n) is 5.47. The SMILES string of the molecule is CCN(CC)CC(c1ccccc1)C(O)(c1ccccc1)c1ccccc1. The summed E-state index contributed by atoms with van der Waals surface area (Å²) in [6.45, 7) is 7.06. The molecule has 3 aromatic carbocycles. The number of hydrogen-bond donors (Lipinski definition) is 1. The molecular weight excluding hydrogens is 330 g/mol. The summed E-state index contributed by atoms with van der Waals surface area (Å²) in [4.78, 5) is 2.38. The summed E-state index contributed by atoms with van der Waals surface area (Å²) in [7, 11) is 0. The first kappa shape index (κ1) is 19.3. The van der Waals surface area contributed by atoms with Crippen molar-refractivity contribution in [1.29, 1.82) is 0 Å². The number of nitrogens with zero attached hydrogens (tertiary/aromatic N) is 1. The molecule has 0 spiro atoms. The number of hydrogen-bond acceptors (Lipinski definition) is 2. The van der Waals surface area contributed by atoms with Gasteiger partial charge in [-0.3, -0.25) is 0 Å². The number of rotatable bonds is 8. The van der Waals surface area contributed by atoms with Crippen LogP contribution in [-0.4, -0.2) is 29.6 Å². The van der Waals surface area contributed by atoms with Gasteiger partial charge in [0.25, 0.3) is 0 Å². The lowest BCUT2D eigenvalue weighted by Crippen LogP contribution is -2.42. The third-order valence-corrected chi connectivity index (χ3v) is 5.47. The van der Waals surface area contributed by atoms with E-state index in [1.807, 2.05) is 66.7 Å². The van der Waals surface area contributed by atoms with Crippen molar-refractivity contribution in [3.05, 3.63) is 108 Å². The van der Waals surface area contributed by atoms with Gasteiger partial charge in [0.2, 0.25) is 0 Å². The maximum absolute atomic E-state index is 12.3. The predicted molar refractivity (Wildman–Crippen MR) is 113 cm³/mol. The monoisotopic (exact) mass is 359 g/mol. The van der Waals surface area contributed by atoms with Crippen molar-refractivity contribution in [3.8, 4) is 0 Å². The molecule has 0 fully saturated rings. The van der Waals surface area contributed by atoms with Crippen LogP contribution in [0.25, 0.3) is 0 Å². The second kappa shape index (κ2) is 8.98. The first-order valence-electron chi connectivity index (χ1n) is 9.80. The molecule has 2 heteroatoms. The first-order chi connectivity index (χ1) is 13.2. The van der Waals surface area contributed by atoms with Crippen LogP contribution in [0.3, 0.4) is 0 Å². The van der Waals surface area contributed by atoms with Crippen molar-refractivity contribution in [2.75, 3.05) is 19.6 Å². The van der Waals surface area contributed by atoms with Crippen LogP contribution >= 0.6 is 0 Å². The zero-order chi connectivity index (χ0) is 19.1.